The van der Waals surface area contributed by atoms with Crippen LogP contribution in [0.5, 0.6) is 0 Å². The highest BCUT2D eigenvalue weighted by Crippen LogP contribution is 2.36. The third-order valence-corrected chi connectivity index (χ3v) is 7.16. The van der Waals surface area contributed by atoms with E-state index in [-0.39, 0.29) is 17.9 Å². The summed E-state index contributed by atoms with van der Waals surface area (Å²) in [6.45, 7) is 16.0. The Balaban J connectivity index is 1.61. The van der Waals surface area contributed by atoms with E-state index in [1.807, 2.05) is 37.8 Å². The van der Waals surface area contributed by atoms with Crippen LogP contribution in [-0.4, -0.2) is 33.8 Å². The number of hydrogen-bond donors (Lipinski definition) is 3. The Bertz CT molecular complexity index is 1330. The Kier molecular flexibility index (Phi) is 7.52. The van der Waals surface area contributed by atoms with Crippen LogP contribution >= 0.6 is 0 Å². The lowest BCUT2D eigenvalue weighted by Crippen LogP contribution is -2.41. The quantitative estimate of drug-likeness (QED) is 0.288. The van der Waals surface area contributed by atoms with Gasteiger partial charge in [0, 0.05) is 52.1 Å². The molecule has 2 atom stereocenters. The van der Waals surface area contributed by atoms with Crippen molar-refractivity contribution in [3.05, 3.63) is 83.1 Å². The number of likely N-dealkylation sites (tertiary alicyclic amines) is 1. The van der Waals surface area contributed by atoms with Crippen molar-refractivity contribution < 1.29 is 14.0 Å². The normalized spacial score (nSPS) is 19.4. The number of halogens is 1. The van der Waals surface area contributed by atoms with E-state index >= 15 is 0 Å². The number of anilines is 1. The molecule has 4 rings (SSSR count). The highest BCUT2D eigenvalue weighted by molar-refractivity contribution is 6.34. The Morgan fingerprint density at radius 2 is 2.08 bits per heavy atom. The molecule has 2 aliphatic heterocycles. The van der Waals surface area contributed by atoms with Gasteiger partial charge in [-0.05, 0) is 63.5 Å². The average molecular weight is 503 g/mol. The fourth-order valence-electron chi connectivity index (χ4n) is 5.43. The number of hydrogen-bond acceptors (Lipinski definition) is 3. The molecule has 0 saturated carbocycles. The van der Waals surface area contributed by atoms with Crippen LogP contribution in [0.4, 0.5) is 10.1 Å². The first-order valence-corrected chi connectivity index (χ1v) is 12.8. The van der Waals surface area contributed by atoms with Crippen LogP contribution in [-0.2, 0) is 9.59 Å². The third-order valence-electron chi connectivity index (χ3n) is 7.16. The number of rotatable bonds is 9. The Hall–Kier alpha value is -3.87. The number of allylic oxidation sites excluding steroid dienone is 1. The fourth-order valence-corrected chi connectivity index (χ4v) is 5.43. The highest BCUT2D eigenvalue weighted by atomic mass is 19.1. The molecule has 0 spiro atoms. The van der Waals surface area contributed by atoms with Gasteiger partial charge in [-0.2, -0.15) is 0 Å². The number of aryl methyl sites for hydroxylation is 1. The van der Waals surface area contributed by atoms with Gasteiger partial charge < -0.3 is 20.5 Å². The molecule has 0 aliphatic carbocycles. The van der Waals surface area contributed by atoms with Crippen molar-refractivity contribution in [2.24, 2.45) is 0 Å². The molecule has 2 aromatic rings. The molecule has 2 amide bonds. The molecule has 2 aliphatic rings. The highest BCUT2D eigenvalue weighted by Gasteiger charge is 2.38. The van der Waals surface area contributed by atoms with Crippen LogP contribution in [0.3, 0.4) is 0 Å². The van der Waals surface area contributed by atoms with Gasteiger partial charge in [-0.3, -0.25) is 9.59 Å². The molecule has 0 radical (unpaired) electrons. The summed E-state index contributed by atoms with van der Waals surface area (Å²) in [7, 11) is 0. The second-order valence-corrected chi connectivity index (χ2v) is 9.71. The number of H-pyrrole nitrogens is 1. The minimum Gasteiger partial charge on any atom is -0.373 e. The molecule has 2 unspecified atom stereocenters. The van der Waals surface area contributed by atoms with Gasteiger partial charge in [0.05, 0.1) is 5.57 Å². The topological polar surface area (TPSA) is 77.2 Å². The molecule has 1 aromatic heterocycles. The smallest absolute Gasteiger partial charge is 0.256 e. The molecular weight excluding hydrogens is 467 g/mol. The maximum absolute atomic E-state index is 13.9. The van der Waals surface area contributed by atoms with E-state index in [4.69, 9.17) is 0 Å². The summed E-state index contributed by atoms with van der Waals surface area (Å²) in [5, 5.41) is 6.26. The molecule has 1 fully saturated rings. The van der Waals surface area contributed by atoms with Gasteiger partial charge in [-0.25, -0.2) is 4.39 Å². The summed E-state index contributed by atoms with van der Waals surface area (Å²) < 4.78 is 13.9. The van der Waals surface area contributed by atoms with Crippen molar-refractivity contribution in [3.63, 3.8) is 0 Å². The monoisotopic (exact) mass is 502 g/mol. The van der Waals surface area contributed by atoms with Gasteiger partial charge in [0.25, 0.3) is 5.91 Å². The van der Waals surface area contributed by atoms with Crippen LogP contribution in [0.25, 0.3) is 17.3 Å². The standard InChI is InChI=1S/C30H35FN4O2/c1-7-10-21(11-8-2)35-17(4)14-27(30(35)37)33-24(9-3)28-18(5)26(32-19(28)6)16-23-22-15-20(31)12-13-25(22)34-29(23)36/h7,9,12-13,15-16,21,27,32-33H,1,4,8,10-11,14H2,2-3,5-6H3,(H,34,36)/b23-16-,24-9-. The predicted octanol–water partition coefficient (Wildman–Crippen LogP) is 6.07. The van der Waals surface area contributed by atoms with Crippen molar-refractivity contribution in [3.8, 4) is 0 Å². The third kappa shape index (κ3) is 4.90. The van der Waals surface area contributed by atoms with Crippen molar-refractivity contribution in [2.75, 3.05) is 5.32 Å². The molecule has 1 saturated heterocycles. The Morgan fingerprint density at radius 1 is 1.32 bits per heavy atom. The van der Waals surface area contributed by atoms with Gasteiger partial charge in [0.1, 0.15) is 11.9 Å². The van der Waals surface area contributed by atoms with Crippen LogP contribution in [0.1, 0.15) is 67.6 Å². The lowest BCUT2D eigenvalue weighted by Gasteiger charge is -2.28. The number of amides is 2. The van der Waals surface area contributed by atoms with Crippen molar-refractivity contribution in [1.29, 1.82) is 0 Å². The van der Waals surface area contributed by atoms with Gasteiger partial charge in [0.2, 0.25) is 5.91 Å². The van der Waals surface area contributed by atoms with Crippen molar-refractivity contribution >= 4 is 34.8 Å². The first-order chi connectivity index (χ1) is 17.7. The fraction of sp³-hybridized carbons (Fsp3) is 0.333. The van der Waals surface area contributed by atoms with E-state index in [2.05, 4.69) is 35.7 Å². The van der Waals surface area contributed by atoms with E-state index in [1.54, 1.807) is 12.1 Å². The second kappa shape index (κ2) is 10.6. The molecule has 194 valence electrons. The van der Waals surface area contributed by atoms with Gasteiger partial charge in [0.15, 0.2) is 0 Å². The first-order valence-electron chi connectivity index (χ1n) is 12.8. The number of carbonyl (C=O) groups is 2. The summed E-state index contributed by atoms with van der Waals surface area (Å²) in [6.07, 6.45) is 8.72. The van der Waals surface area contributed by atoms with E-state index in [0.717, 1.165) is 53.2 Å². The van der Waals surface area contributed by atoms with Gasteiger partial charge in [-0.1, -0.05) is 32.1 Å². The lowest BCUT2D eigenvalue weighted by atomic mass is 10.0. The molecule has 3 heterocycles. The SMILES string of the molecule is C=CCC(CCC)N1C(=C)CC(N/C(=C\C)c2c(C)[nH]c(/C=C3\C(=O)Nc4ccc(F)cc43)c2C)C1=O. The summed E-state index contributed by atoms with van der Waals surface area (Å²) in [5.41, 5.74) is 6.73. The van der Waals surface area contributed by atoms with Gasteiger partial charge in [-0.15, -0.1) is 6.58 Å². The van der Waals surface area contributed by atoms with Crippen molar-refractivity contribution in [2.45, 2.75) is 65.5 Å². The molecule has 1 aromatic carbocycles. The maximum atomic E-state index is 13.9. The average Bonchev–Trinajstić information content (AvgIpc) is 3.42. The zero-order chi connectivity index (χ0) is 26.9. The summed E-state index contributed by atoms with van der Waals surface area (Å²) >= 11 is 0. The number of fused-ring (bicyclic) bond motifs is 1. The number of aromatic nitrogens is 1. The molecule has 7 heteroatoms. The largest absolute Gasteiger partial charge is 0.373 e. The lowest BCUT2D eigenvalue weighted by molar-refractivity contribution is -0.130. The van der Waals surface area contributed by atoms with Crippen LogP contribution < -0.4 is 10.6 Å². The first kappa shape index (κ1) is 26.2. The number of aromatic amines is 1. The minimum absolute atomic E-state index is 0.0269. The molecular formula is C30H35FN4O2. The number of benzene rings is 1. The van der Waals surface area contributed by atoms with E-state index in [0.29, 0.717) is 23.2 Å². The van der Waals surface area contributed by atoms with E-state index in [9.17, 15) is 14.0 Å². The summed E-state index contributed by atoms with van der Waals surface area (Å²) in [6, 6.07) is 3.93. The number of nitrogens with zero attached hydrogens (tertiary/aromatic N) is 1. The van der Waals surface area contributed by atoms with Crippen LogP contribution in [0.15, 0.2) is 49.2 Å². The molecule has 6 nitrogen and oxygen atoms in total. The zero-order valence-corrected chi connectivity index (χ0v) is 22.0. The van der Waals surface area contributed by atoms with E-state index in [1.165, 1.54) is 12.1 Å². The molecule has 3 N–H and O–H groups in total. The van der Waals surface area contributed by atoms with Crippen LogP contribution in [0.2, 0.25) is 0 Å². The van der Waals surface area contributed by atoms with Gasteiger partial charge >= 0.3 is 0 Å². The Morgan fingerprint density at radius 3 is 2.76 bits per heavy atom. The molecule has 0 bridgehead atoms. The summed E-state index contributed by atoms with van der Waals surface area (Å²) in [4.78, 5) is 31.3. The minimum atomic E-state index is -0.408. The second-order valence-electron chi connectivity index (χ2n) is 9.71. The van der Waals surface area contributed by atoms with Crippen molar-refractivity contribution in [1.82, 2.24) is 15.2 Å². The predicted molar refractivity (Wildman–Crippen MR) is 148 cm³/mol. The molecule has 37 heavy (non-hydrogen) atoms. The zero-order valence-electron chi connectivity index (χ0n) is 22.0. The maximum Gasteiger partial charge on any atom is 0.256 e. The number of carbonyl (C=O) groups excluding carboxylic acids is 2. The Labute approximate surface area is 218 Å². The summed E-state index contributed by atoms with van der Waals surface area (Å²) in [5.74, 6) is -0.638. The number of nitrogens with one attached hydrogen (secondary N) is 3. The van der Waals surface area contributed by atoms with E-state index < -0.39 is 11.9 Å². The van der Waals surface area contributed by atoms with Crippen LogP contribution in [0, 0.1) is 19.7 Å².